The maximum Gasteiger partial charge on any atom is -0.0412 e. The van der Waals surface area contributed by atoms with Gasteiger partial charge in [0.05, 0.1) is 0 Å². The van der Waals surface area contributed by atoms with Gasteiger partial charge >= 0.3 is 0 Å². The van der Waals surface area contributed by atoms with Crippen LogP contribution in [0.4, 0.5) is 0 Å². The van der Waals surface area contributed by atoms with Crippen LogP contribution < -0.4 is 0 Å². The van der Waals surface area contributed by atoms with Crippen molar-refractivity contribution in [3.63, 3.8) is 0 Å². The molecule has 4 saturated carbocycles. The Balaban J connectivity index is 0.000000146. The van der Waals surface area contributed by atoms with E-state index < -0.39 is 0 Å². The molecule has 0 heteroatoms. The van der Waals surface area contributed by atoms with Crippen molar-refractivity contribution in [1.29, 1.82) is 0 Å². The SMILES string of the molecule is C1CC2CCCC(C1)C2.C1CCCCCCC1.CC1CCCC(C)CCC1. The lowest BCUT2D eigenvalue weighted by molar-refractivity contribution is 0.190. The van der Waals surface area contributed by atoms with Crippen molar-refractivity contribution < 1.29 is 0 Å². The molecule has 0 heterocycles. The zero-order valence-electron chi connectivity index (χ0n) is 19.2. The van der Waals surface area contributed by atoms with E-state index in [1.165, 1.54) is 103 Å². The summed E-state index contributed by atoms with van der Waals surface area (Å²) in [7, 11) is 0. The maximum atomic E-state index is 2.40. The van der Waals surface area contributed by atoms with Gasteiger partial charge in [-0.15, -0.1) is 0 Å². The first-order valence-electron chi connectivity index (χ1n) is 13.2. The average Bonchev–Trinajstić information content (AvgIpc) is 2.61. The summed E-state index contributed by atoms with van der Waals surface area (Å²) in [5.74, 6) is 4.31. The van der Waals surface area contributed by atoms with Gasteiger partial charge in [-0.1, -0.05) is 142 Å². The fraction of sp³-hybridized carbons (Fsp3) is 1.00. The van der Waals surface area contributed by atoms with Gasteiger partial charge in [0.15, 0.2) is 0 Å². The van der Waals surface area contributed by atoms with Crippen molar-refractivity contribution >= 4 is 0 Å². The second-order valence-electron chi connectivity index (χ2n) is 10.7. The van der Waals surface area contributed by atoms with E-state index in [2.05, 4.69) is 13.8 Å². The molecule has 4 rings (SSSR count). The van der Waals surface area contributed by atoms with Gasteiger partial charge < -0.3 is 0 Å². The minimum Gasteiger partial charge on any atom is -0.0625 e. The summed E-state index contributed by atoms with van der Waals surface area (Å²) in [5, 5.41) is 0. The van der Waals surface area contributed by atoms with E-state index in [0.717, 1.165) is 23.7 Å². The first-order valence-corrected chi connectivity index (χ1v) is 13.2. The van der Waals surface area contributed by atoms with E-state index in [0.29, 0.717) is 0 Å². The molecule has 0 amide bonds. The van der Waals surface area contributed by atoms with E-state index in [1.54, 1.807) is 32.1 Å². The molecule has 0 unspecified atom stereocenters. The van der Waals surface area contributed by atoms with Crippen molar-refractivity contribution in [2.24, 2.45) is 23.7 Å². The summed E-state index contributed by atoms with van der Waals surface area (Å²) in [6.45, 7) is 4.80. The lowest BCUT2D eigenvalue weighted by Crippen LogP contribution is -2.20. The van der Waals surface area contributed by atoms with Crippen LogP contribution in [0.1, 0.15) is 149 Å². The fourth-order valence-electron chi connectivity index (χ4n) is 5.95. The van der Waals surface area contributed by atoms with Gasteiger partial charge in [0.1, 0.15) is 0 Å². The Morgan fingerprint density at radius 3 is 0.852 bits per heavy atom. The molecule has 0 N–H and O–H groups in total. The van der Waals surface area contributed by atoms with Gasteiger partial charge in [0.2, 0.25) is 0 Å². The Morgan fingerprint density at radius 1 is 0.333 bits per heavy atom. The van der Waals surface area contributed by atoms with Crippen molar-refractivity contribution in [2.75, 3.05) is 0 Å². The van der Waals surface area contributed by atoms with E-state index >= 15 is 0 Å². The summed E-state index contributed by atoms with van der Waals surface area (Å²) in [6.07, 6.45) is 31.7. The standard InChI is InChI=1S/C10H20.C9H16.C8H16/c1-9-5-3-7-10(2)8-4-6-9;1-3-8-5-2-6-9(4-1)7-8;1-2-4-6-8-7-5-3-1/h9-10H,3-8H2,1-2H3;8-9H,1-7H2;1-8H2. The largest absolute Gasteiger partial charge is 0.0625 e. The molecule has 0 aliphatic heterocycles. The van der Waals surface area contributed by atoms with Crippen LogP contribution in [0.5, 0.6) is 0 Å². The van der Waals surface area contributed by atoms with Crippen LogP contribution in [-0.4, -0.2) is 0 Å². The van der Waals surface area contributed by atoms with Gasteiger partial charge in [-0.2, -0.15) is 0 Å². The second kappa shape index (κ2) is 14.9. The molecule has 0 radical (unpaired) electrons. The highest BCUT2D eigenvalue weighted by Crippen LogP contribution is 2.39. The Morgan fingerprint density at radius 2 is 0.593 bits per heavy atom. The molecule has 4 aliphatic carbocycles. The van der Waals surface area contributed by atoms with E-state index in [4.69, 9.17) is 0 Å². The van der Waals surface area contributed by atoms with Crippen LogP contribution in [-0.2, 0) is 0 Å². The maximum absolute atomic E-state index is 2.40. The fourth-order valence-corrected chi connectivity index (χ4v) is 5.95. The number of fused-ring (bicyclic) bond motifs is 2. The summed E-state index contributed by atoms with van der Waals surface area (Å²) >= 11 is 0. The molecule has 0 spiro atoms. The molecular weight excluding hydrogens is 324 g/mol. The van der Waals surface area contributed by atoms with Crippen molar-refractivity contribution in [2.45, 2.75) is 149 Å². The van der Waals surface area contributed by atoms with E-state index in [-0.39, 0.29) is 0 Å². The van der Waals surface area contributed by atoms with Gasteiger partial charge in [-0.3, -0.25) is 0 Å². The predicted molar refractivity (Wildman–Crippen MR) is 122 cm³/mol. The average molecular weight is 377 g/mol. The Labute approximate surface area is 172 Å². The second-order valence-corrected chi connectivity index (χ2v) is 10.7. The number of rotatable bonds is 0. The van der Waals surface area contributed by atoms with Crippen molar-refractivity contribution in [3.05, 3.63) is 0 Å². The molecule has 0 aromatic carbocycles. The molecule has 27 heavy (non-hydrogen) atoms. The molecule has 0 saturated heterocycles. The molecule has 0 nitrogen and oxygen atoms in total. The smallest absolute Gasteiger partial charge is 0.0412 e. The number of hydrogen-bond acceptors (Lipinski definition) is 0. The van der Waals surface area contributed by atoms with Crippen LogP contribution in [0.3, 0.4) is 0 Å². The normalized spacial score (nSPS) is 34.9. The molecule has 4 aliphatic rings. The number of hydrogen-bond donors (Lipinski definition) is 0. The quantitative estimate of drug-likeness (QED) is 0.394. The third kappa shape index (κ3) is 11.6. The summed E-state index contributed by atoms with van der Waals surface area (Å²) in [6, 6.07) is 0. The van der Waals surface area contributed by atoms with Gasteiger partial charge in [0.25, 0.3) is 0 Å². The van der Waals surface area contributed by atoms with Crippen LogP contribution >= 0.6 is 0 Å². The van der Waals surface area contributed by atoms with E-state index in [1.807, 2.05) is 0 Å². The third-order valence-corrected chi connectivity index (χ3v) is 7.90. The predicted octanol–water partition coefficient (Wildman–Crippen LogP) is 9.71. The Kier molecular flexibility index (Phi) is 12.9. The molecule has 0 aromatic rings. The summed E-state index contributed by atoms with van der Waals surface area (Å²) in [5.41, 5.74) is 0. The zero-order chi connectivity index (χ0) is 19.2. The lowest BCUT2D eigenvalue weighted by atomic mass is 9.72. The minimum absolute atomic E-state index is 1.01. The van der Waals surface area contributed by atoms with Gasteiger partial charge in [0, 0.05) is 0 Å². The van der Waals surface area contributed by atoms with Gasteiger partial charge in [-0.25, -0.2) is 0 Å². The molecule has 2 bridgehead atoms. The molecule has 0 aromatic heterocycles. The highest BCUT2D eigenvalue weighted by atomic mass is 14.3. The first-order chi connectivity index (χ1) is 13.2. The molecule has 4 fully saturated rings. The monoisotopic (exact) mass is 376 g/mol. The lowest BCUT2D eigenvalue weighted by Gasteiger charge is -2.33. The zero-order valence-corrected chi connectivity index (χ0v) is 19.2. The summed E-state index contributed by atoms with van der Waals surface area (Å²) in [4.78, 5) is 0. The topological polar surface area (TPSA) is 0 Å². The van der Waals surface area contributed by atoms with Crippen LogP contribution in [0.15, 0.2) is 0 Å². The molecule has 0 atom stereocenters. The Bertz CT molecular complexity index is 269. The van der Waals surface area contributed by atoms with Crippen LogP contribution in [0.25, 0.3) is 0 Å². The third-order valence-electron chi connectivity index (χ3n) is 7.90. The Hall–Kier alpha value is 0. The first kappa shape index (κ1) is 23.3. The van der Waals surface area contributed by atoms with Crippen molar-refractivity contribution in [1.82, 2.24) is 0 Å². The minimum atomic E-state index is 1.01. The highest BCUT2D eigenvalue weighted by Gasteiger charge is 2.25. The van der Waals surface area contributed by atoms with Gasteiger partial charge in [-0.05, 0) is 30.1 Å². The molecular formula is C27H52. The van der Waals surface area contributed by atoms with Crippen LogP contribution in [0, 0.1) is 23.7 Å². The highest BCUT2D eigenvalue weighted by molar-refractivity contribution is 4.77. The molecule has 160 valence electrons. The summed E-state index contributed by atoms with van der Waals surface area (Å²) < 4.78 is 0. The van der Waals surface area contributed by atoms with E-state index in [9.17, 15) is 0 Å². The van der Waals surface area contributed by atoms with Crippen LogP contribution in [0.2, 0.25) is 0 Å². The van der Waals surface area contributed by atoms with Crippen molar-refractivity contribution in [3.8, 4) is 0 Å².